The maximum Gasteiger partial charge on any atom is 0.248 e. The number of anilines is 1. The van der Waals surface area contributed by atoms with E-state index < -0.39 is 5.91 Å². The van der Waals surface area contributed by atoms with Crippen LogP contribution in [0.5, 0.6) is 0 Å². The third-order valence-corrected chi connectivity index (χ3v) is 4.80. The molecule has 2 fully saturated rings. The predicted octanol–water partition coefficient (Wildman–Crippen LogP) is 1.42. The Balaban J connectivity index is 1.71. The lowest BCUT2D eigenvalue weighted by atomic mass is 9.93. The van der Waals surface area contributed by atoms with Gasteiger partial charge in [-0.1, -0.05) is 6.42 Å². The summed E-state index contributed by atoms with van der Waals surface area (Å²) in [5.74, 6) is 0.691. The number of carbonyl (C=O) groups is 2. The summed E-state index contributed by atoms with van der Waals surface area (Å²) < 4.78 is 0. The Bertz CT molecular complexity index is 585. The Labute approximate surface area is 124 Å². The number of amides is 2. The van der Waals surface area contributed by atoms with Gasteiger partial charge in [0.2, 0.25) is 11.8 Å². The summed E-state index contributed by atoms with van der Waals surface area (Å²) in [6.07, 6.45) is 3.59. The molecule has 5 nitrogen and oxygen atoms in total. The first kappa shape index (κ1) is 14.1. The second kappa shape index (κ2) is 5.48. The van der Waals surface area contributed by atoms with Gasteiger partial charge in [-0.15, -0.1) is 0 Å². The molecular weight excluding hydrogens is 266 g/mol. The second-order valence-corrected chi connectivity index (χ2v) is 6.12. The standard InChI is InChI=1S/C16H21N3O2/c1-9-7-10(15(17)20)5-6-13(9)19-16(21)14-12-4-2-3-11(12)8-18-14/h5-7,11-12,14,18H,2-4,8H2,1H3,(H2,17,20)(H,19,21). The number of primary amides is 1. The summed E-state index contributed by atoms with van der Waals surface area (Å²) in [6.45, 7) is 2.81. The van der Waals surface area contributed by atoms with E-state index in [0.717, 1.165) is 24.2 Å². The monoisotopic (exact) mass is 287 g/mol. The molecule has 0 spiro atoms. The molecule has 1 aliphatic carbocycles. The van der Waals surface area contributed by atoms with E-state index in [0.29, 0.717) is 17.4 Å². The third-order valence-electron chi connectivity index (χ3n) is 4.80. The highest BCUT2D eigenvalue weighted by atomic mass is 16.2. The highest BCUT2D eigenvalue weighted by molar-refractivity contribution is 5.97. The molecule has 1 saturated carbocycles. The fourth-order valence-electron chi connectivity index (χ4n) is 3.64. The number of fused-ring (bicyclic) bond motifs is 1. The van der Waals surface area contributed by atoms with Crippen LogP contribution in [0.1, 0.15) is 35.2 Å². The van der Waals surface area contributed by atoms with Gasteiger partial charge in [-0.2, -0.15) is 0 Å². The minimum absolute atomic E-state index is 0.0272. The summed E-state index contributed by atoms with van der Waals surface area (Å²) in [5, 5.41) is 6.32. The van der Waals surface area contributed by atoms with Crippen molar-refractivity contribution in [3.05, 3.63) is 29.3 Å². The molecule has 1 aromatic rings. The fraction of sp³-hybridized carbons (Fsp3) is 0.500. The lowest BCUT2D eigenvalue weighted by molar-refractivity contribution is -0.118. The number of aryl methyl sites for hydroxylation is 1. The topological polar surface area (TPSA) is 84.2 Å². The SMILES string of the molecule is Cc1cc(C(N)=O)ccc1NC(=O)C1NCC2CCCC21. The summed E-state index contributed by atoms with van der Waals surface area (Å²) in [5.41, 5.74) is 7.31. The van der Waals surface area contributed by atoms with Crippen molar-refractivity contribution in [1.82, 2.24) is 5.32 Å². The molecule has 3 atom stereocenters. The molecule has 0 radical (unpaired) electrons. The molecule has 21 heavy (non-hydrogen) atoms. The van der Waals surface area contributed by atoms with Gasteiger partial charge in [0.05, 0.1) is 6.04 Å². The van der Waals surface area contributed by atoms with Crippen molar-refractivity contribution in [1.29, 1.82) is 0 Å². The summed E-state index contributed by atoms with van der Waals surface area (Å²) in [4.78, 5) is 23.6. The average Bonchev–Trinajstić information content (AvgIpc) is 3.03. The summed E-state index contributed by atoms with van der Waals surface area (Å²) in [7, 11) is 0. The maximum atomic E-state index is 12.5. The molecule has 4 N–H and O–H groups in total. The van der Waals surface area contributed by atoms with Crippen molar-refractivity contribution >= 4 is 17.5 Å². The van der Waals surface area contributed by atoms with E-state index in [2.05, 4.69) is 10.6 Å². The van der Waals surface area contributed by atoms with E-state index in [1.807, 2.05) is 6.92 Å². The number of rotatable bonds is 3. The molecule has 3 rings (SSSR count). The molecule has 112 valence electrons. The zero-order valence-corrected chi connectivity index (χ0v) is 12.2. The van der Waals surface area contributed by atoms with Crippen LogP contribution in [-0.4, -0.2) is 24.4 Å². The van der Waals surface area contributed by atoms with Gasteiger partial charge in [0.25, 0.3) is 0 Å². The van der Waals surface area contributed by atoms with Crippen LogP contribution < -0.4 is 16.4 Å². The zero-order chi connectivity index (χ0) is 15.0. The molecule has 0 bridgehead atoms. The van der Waals surface area contributed by atoms with Crippen LogP contribution in [0.15, 0.2) is 18.2 Å². The van der Waals surface area contributed by atoms with Crippen LogP contribution in [0.3, 0.4) is 0 Å². The van der Waals surface area contributed by atoms with Crippen LogP contribution >= 0.6 is 0 Å². The molecule has 1 heterocycles. The molecule has 1 aliphatic heterocycles. The number of carbonyl (C=O) groups excluding carboxylic acids is 2. The Morgan fingerprint density at radius 3 is 2.86 bits per heavy atom. The fourth-order valence-corrected chi connectivity index (χ4v) is 3.64. The zero-order valence-electron chi connectivity index (χ0n) is 12.2. The molecule has 5 heteroatoms. The van der Waals surface area contributed by atoms with Gasteiger partial charge in [0, 0.05) is 11.3 Å². The normalized spacial score (nSPS) is 27.4. The van der Waals surface area contributed by atoms with E-state index >= 15 is 0 Å². The molecule has 0 aromatic heterocycles. The smallest absolute Gasteiger partial charge is 0.248 e. The number of benzene rings is 1. The van der Waals surface area contributed by atoms with Crippen LogP contribution in [0.25, 0.3) is 0 Å². The molecule has 1 aromatic carbocycles. The largest absolute Gasteiger partial charge is 0.366 e. The minimum Gasteiger partial charge on any atom is -0.366 e. The first-order chi connectivity index (χ1) is 10.1. The van der Waals surface area contributed by atoms with E-state index in [4.69, 9.17) is 5.73 Å². The highest BCUT2D eigenvalue weighted by Gasteiger charge is 2.42. The van der Waals surface area contributed by atoms with Gasteiger partial charge in [0.1, 0.15) is 0 Å². The number of nitrogens with two attached hydrogens (primary N) is 1. The van der Waals surface area contributed by atoms with E-state index in [1.165, 1.54) is 12.8 Å². The van der Waals surface area contributed by atoms with Gasteiger partial charge >= 0.3 is 0 Å². The average molecular weight is 287 g/mol. The minimum atomic E-state index is -0.456. The molecule has 1 saturated heterocycles. The summed E-state index contributed by atoms with van der Waals surface area (Å²) in [6, 6.07) is 5.01. The Kier molecular flexibility index (Phi) is 3.68. The molecule has 3 unspecified atom stereocenters. The number of nitrogens with one attached hydrogen (secondary N) is 2. The van der Waals surface area contributed by atoms with Crippen LogP contribution in [-0.2, 0) is 4.79 Å². The van der Waals surface area contributed by atoms with Crippen LogP contribution in [0, 0.1) is 18.8 Å². The van der Waals surface area contributed by atoms with Crippen molar-refractivity contribution in [2.24, 2.45) is 17.6 Å². The van der Waals surface area contributed by atoms with E-state index in [-0.39, 0.29) is 11.9 Å². The summed E-state index contributed by atoms with van der Waals surface area (Å²) >= 11 is 0. The molecule has 2 aliphatic rings. The quantitative estimate of drug-likeness (QED) is 0.786. The lowest BCUT2D eigenvalue weighted by Crippen LogP contribution is -2.39. The lowest BCUT2D eigenvalue weighted by Gasteiger charge is -2.18. The number of hydrogen-bond acceptors (Lipinski definition) is 3. The Morgan fingerprint density at radius 1 is 1.33 bits per heavy atom. The van der Waals surface area contributed by atoms with Crippen LogP contribution in [0.4, 0.5) is 5.69 Å². The van der Waals surface area contributed by atoms with Crippen LogP contribution in [0.2, 0.25) is 0 Å². The van der Waals surface area contributed by atoms with Crippen molar-refractivity contribution in [2.75, 3.05) is 11.9 Å². The molecular formula is C16H21N3O2. The second-order valence-electron chi connectivity index (χ2n) is 6.12. The highest BCUT2D eigenvalue weighted by Crippen LogP contribution is 2.38. The first-order valence-electron chi connectivity index (χ1n) is 7.51. The third kappa shape index (κ3) is 2.65. The first-order valence-corrected chi connectivity index (χ1v) is 7.51. The van der Waals surface area contributed by atoms with E-state index in [9.17, 15) is 9.59 Å². The predicted molar refractivity (Wildman–Crippen MR) is 80.9 cm³/mol. The van der Waals surface area contributed by atoms with Crippen molar-refractivity contribution < 1.29 is 9.59 Å². The molecule has 2 amide bonds. The van der Waals surface area contributed by atoms with Crippen molar-refractivity contribution in [3.63, 3.8) is 0 Å². The Hall–Kier alpha value is -1.88. The van der Waals surface area contributed by atoms with E-state index in [1.54, 1.807) is 18.2 Å². The number of hydrogen-bond donors (Lipinski definition) is 3. The Morgan fingerprint density at radius 2 is 2.14 bits per heavy atom. The van der Waals surface area contributed by atoms with Gasteiger partial charge in [-0.3, -0.25) is 9.59 Å². The maximum absolute atomic E-state index is 12.5. The van der Waals surface area contributed by atoms with Gasteiger partial charge in [0.15, 0.2) is 0 Å². The van der Waals surface area contributed by atoms with Crippen molar-refractivity contribution in [2.45, 2.75) is 32.2 Å². The van der Waals surface area contributed by atoms with Gasteiger partial charge < -0.3 is 16.4 Å². The van der Waals surface area contributed by atoms with Gasteiger partial charge in [-0.25, -0.2) is 0 Å². The van der Waals surface area contributed by atoms with Crippen molar-refractivity contribution in [3.8, 4) is 0 Å². The van der Waals surface area contributed by atoms with Gasteiger partial charge in [-0.05, 0) is 61.9 Å².